The smallest absolute Gasteiger partial charge is 0.352 e. The number of rotatable bonds is 7. The summed E-state index contributed by atoms with van der Waals surface area (Å²) in [6, 6.07) is 4.68. The third-order valence-corrected chi connectivity index (χ3v) is 5.59. The van der Waals surface area contributed by atoms with Gasteiger partial charge in [-0.2, -0.15) is 13.2 Å². The van der Waals surface area contributed by atoms with Crippen LogP contribution in [0.5, 0.6) is 0 Å². The first kappa shape index (κ1) is 20.7. The molecule has 1 fully saturated rings. The summed E-state index contributed by atoms with van der Waals surface area (Å²) in [4.78, 5) is 12.1. The van der Waals surface area contributed by atoms with Crippen molar-refractivity contribution in [1.82, 2.24) is 20.1 Å². The van der Waals surface area contributed by atoms with Gasteiger partial charge in [-0.25, -0.2) is 0 Å². The number of benzene rings is 1. The number of thioether (sulfide) groups is 1. The first-order valence-electron chi connectivity index (χ1n) is 9.33. The van der Waals surface area contributed by atoms with E-state index in [0.29, 0.717) is 25.4 Å². The second-order valence-electron chi connectivity index (χ2n) is 6.85. The van der Waals surface area contributed by atoms with E-state index in [-0.39, 0.29) is 11.5 Å². The van der Waals surface area contributed by atoms with Gasteiger partial charge in [-0.1, -0.05) is 24.6 Å². The van der Waals surface area contributed by atoms with Crippen LogP contribution < -0.4 is 5.32 Å². The van der Waals surface area contributed by atoms with E-state index < -0.39 is 11.7 Å². The third-order valence-electron chi connectivity index (χ3n) is 4.94. The number of halogens is 3. The molecule has 0 atom stereocenters. The average Bonchev–Trinajstić information content (AvgIpc) is 3.33. The zero-order chi connectivity index (χ0) is 20.1. The molecule has 28 heavy (non-hydrogen) atoms. The molecule has 0 bridgehead atoms. The van der Waals surface area contributed by atoms with Gasteiger partial charge in [0, 0.05) is 24.6 Å². The molecule has 1 aromatic carbocycles. The van der Waals surface area contributed by atoms with Crippen molar-refractivity contribution in [3.63, 3.8) is 0 Å². The van der Waals surface area contributed by atoms with Gasteiger partial charge in [0.2, 0.25) is 0 Å². The Morgan fingerprint density at radius 3 is 2.50 bits per heavy atom. The number of hydrogen-bond acceptors (Lipinski definition) is 4. The van der Waals surface area contributed by atoms with Crippen LogP contribution in [0, 0.1) is 0 Å². The molecule has 152 valence electrons. The topological polar surface area (TPSA) is 59.8 Å². The Hall–Kier alpha value is -2.03. The second kappa shape index (κ2) is 8.98. The Morgan fingerprint density at radius 1 is 1.21 bits per heavy atom. The molecule has 0 saturated heterocycles. The van der Waals surface area contributed by atoms with Crippen LogP contribution >= 0.6 is 11.8 Å². The zero-order valence-corrected chi connectivity index (χ0v) is 16.4. The molecule has 0 radical (unpaired) electrons. The summed E-state index contributed by atoms with van der Waals surface area (Å²) >= 11 is 1.59. The lowest BCUT2D eigenvalue weighted by molar-refractivity contribution is -0.137. The number of hydrogen-bond donors (Lipinski definition) is 1. The Labute approximate surface area is 166 Å². The van der Waals surface area contributed by atoms with Gasteiger partial charge >= 0.3 is 6.18 Å². The highest BCUT2D eigenvalue weighted by atomic mass is 32.2. The standard InChI is InChI=1S/C19H23F3N4OS/c1-28-18-25-24-16(26(18)15-5-2-3-6-15)7-4-12-23-17(27)13-8-10-14(11-9-13)19(20,21)22/h8-11,15H,2-7,12H2,1H3,(H,23,27). The molecule has 0 unspecified atom stereocenters. The maximum absolute atomic E-state index is 12.6. The molecule has 5 nitrogen and oxygen atoms in total. The first-order valence-corrected chi connectivity index (χ1v) is 10.6. The first-order chi connectivity index (χ1) is 13.4. The maximum Gasteiger partial charge on any atom is 0.416 e. The number of aryl methyl sites for hydroxylation is 1. The molecule has 1 aliphatic rings. The van der Waals surface area contributed by atoms with Crippen LogP contribution in [0.3, 0.4) is 0 Å². The van der Waals surface area contributed by atoms with Crippen molar-refractivity contribution in [1.29, 1.82) is 0 Å². The predicted molar refractivity (Wildman–Crippen MR) is 101 cm³/mol. The Kier molecular flexibility index (Phi) is 6.64. The van der Waals surface area contributed by atoms with Crippen LogP contribution in [-0.2, 0) is 12.6 Å². The van der Waals surface area contributed by atoms with Crippen molar-refractivity contribution < 1.29 is 18.0 Å². The van der Waals surface area contributed by atoms with Crippen LogP contribution in [0.1, 0.15) is 59.9 Å². The average molecular weight is 412 g/mol. The van der Waals surface area contributed by atoms with E-state index in [9.17, 15) is 18.0 Å². The van der Waals surface area contributed by atoms with Gasteiger partial charge < -0.3 is 9.88 Å². The predicted octanol–water partition coefficient (Wildman–Crippen LogP) is 4.50. The fourth-order valence-electron chi connectivity index (χ4n) is 3.51. The quantitative estimate of drug-likeness (QED) is 0.538. The Bertz CT molecular complexity index is 799. The minimum atomic E-state index is -4.40. The highest BCUT2D eigenvalue weighted by Crippen LogP contribution is 2.33. The molecule has 0 spiro atoms. The van der Waals surface area contributed by atoms with Crippen LogP contribution in [0.2, 0.25) is 0 Å². The molecule has 3 rings (SSSR count). The molecule has 1 aromatic heterocycles. The fourth-order valence-corrected chi connectivity index (χ4v) is 4.08. The van der Waals surface area contributed by atoms with Gasteiger partial charge in [-0.3, -0.25) is 4.79 Å². The minimum absolute atomic E-state index is 0.215. The zero-order valence-electron chi connectivity index (χ0n) is 15.6. The molecule has 9 heteroatoms. The van der Waals surface area contributed by atoms with E-state index >= 15 is 0 Å². The fraction of sp³-hybridized carbons (Fsp3) is 0.526. The van der Waals surface area contributed by atoms with Gasteiger partial charge in [0.05, 0.1) is 5.56 Å². The molecule has 0 aliphatic heterocycles. The molecule has 1 amide bonds. The van der Waals surface area contributed by atoms with Gasteiger partial charge in [0.25, 0.3) is 5.91 Å². The van der Waals surface area contributed by atoms with E-state index in [0.717, 1.165) is 36.0 Å². The number of alkyl halides is 3. The monoisotopic (exact) mass is 412 g/mol. The summed E-state index contributed by atoms with van der Waals surface area (Å²) < 4.78 is 40.0. The highest BCUT2D eigenvalue weighted by molar-refractivity contribution is 7.98. The molecular formula is C19H23F3N4OS. The molecule has 1 aliphatic carbocycles. The summed E-state index contributed by atoms with van der Waals surface area (Å²) in [6.45, 7) is 0.423. The lowest BCUT2D eigenvalue weighted by Crippen LogP contribution is -2.25. The molecular weight excluding hydrogens is 389 g/mol. The summed E-state index contributed by atoms with van der Waals surface area (Å²) in [5.74, 6) is 0.552. The van der Waals surface area contributed by atoms with E-state index in [1.165, 1.54) is 25.0 Å². The summed E-state index contributed by atoms with van der Waals surface area (Å²) in [6.07, 6.45) is 3.69. The lowest BCUT2D eigenvalue weighted by Gasteiger charge is -2.16. The number of nitrogens with zero attached hydrogens (tertiary/aromatic N) is 3. The van der Waals surface area contributed by atoms with Crippen molar-refractivity contribution >= 4 is 17.7 Å². The van der Waals surface area contributed by atoms with Crippen molar-refractivity contribution in [2.75, 3.05) is 12.8 Å². The van der Waals surface area contributed by atoms with Crippen LogP contribution in [0.15, 0.2) is 29.4 Å². The SMILES string of the molecule is CSc1nnc(CCCNC(=O)c2ccc(C(F)(F)F)cc2)n1C1CCCC1. The second-order valence-corrected chi connectivity index (χ2v) is 7.62. The lowest BCUT2D eigenvalue weighted by atomic mass is 10.1. The molecule has 2 aromatic rings. The Morgan fingerprint density at radius 2 is 1.89 bits per heavy atom. The molecule has 1 heterocycles. The van der Waals surface area contributed by atoms with E-state index in [1.54, 1.807) is 11.8 Å². The summed E-state index contributed by atoms with van der Waals surface area (Å²) in [7, 11) is 0. The van der Waals surface area contributed by atoms with E-state index in [4.69, 9.17) is 0 Å². The van der Waals surface area contributed by atoms with E-state index in [2.05, 4.69) is 20.1 Å². The van der Waals surface area contributed by atoms with Gasteiger partial charge in [0.15, 0.2) is 5.16 Å². The normalized spacial score (nSPS) is 15.1. The minimum Gasteiger partial charge on any atom is -0.352 e. The molecule has 1 saturated carbocycles. The highest BCUT2D eigenvalue weighted by Gasteiger charge is 2.30. The maximum atomic E-state index is 12.6. The van der Waals surface area contributed by atoms with Gasteiger partial charge in [-0.05, 0) is 49.8 Å². The third kappa shape index (κ3) is 4.87. The Balaban J connectivity index is 1.52. The van der Waals surface area contributed by atoms with Crippen LogP contribution in [0.25, 0.3) is 0 Å². The number of carbonyl (C=O) groups is 1. The summed E-state index contributed by atoms with van der Waals surface area (Å²) in [5.41, 5.74) is -0.549. The largest absolute Gasteiger partial charge is 0.416 e. The number of carbonyl (C=O) groups excluding carboxylic acids is 1. The number of amides is 1. The van der Waals surface area contributed by atoms with Crippen molar-refractivity contribution in [2.45, 2.75) is 55.9 Å². The van der Waals surface area contributed by atoms with Crippen LogP contribution in [-0.4, -0.2) is 33.5 Å². The summed E-state index contributed by atoms with van der Waals surface area (Å²) in [5, 5.41) is 12.3. The number of aromatic nitrogens is 3. The van der Waals surface area contributed by atoms with E-state index in [1.807, 2.05) is 6.26 Å². The molecule has 1 N–H and O–H groups in total. The van der Waals surface area contributed by atoms with Crippen LogP contribution in [0.4, 0.5) is 13.2 Å². The van der Waals surface area contributed by atoms with Gasteiger partial charge in [-0.15, -0.1) is 10.2 Å². The van der Waals surface area contributed by atoms with Gasteiger partial charge in [0.1, 0.15) is 5.82 Å². The number of nitrogens with one attached hydrogen (secondary N) is 1. The van der Waals surface area contributed by atoms with Crippen molar-refractivity contribution in [2.24, 2.45) is 0 Å². The van der Waals surface area contributed by atoms with Crippen molar-refractivity contribution in [3.05, 3.63) is 41.2 Å². The van der Waals surface area contributed by atoms with Crippen molar-refractivity contribution in [3.8, 4) is 0 Å².